The van der Waals surface area contributed by atoms with E-state index in [9.17, 15) is 13.9 Å². The normalized spacial score (nSPS) is 18.3. The van der Waals surface area contributed by atoms with Crippen LogP contribution in [-0.2, 0) is 24.2 Å². The Bertz CT molecular complexity index is 1230. The molecule has 0 fully saturated rings. The number of fused-ring (bicyclic) bond motifs is 1. The van der Waals surface area contributed by atoms with Crippen molar-refractivity contribution >= 4 is 16.7 Å². The van der Waals surface area contributed by atoms with Crippen molar-refractivity contribution in [3.63, 3.8) is 0 Å². The van der Waals surface area contributed by atoms with E-state index in [1.807, 2.05) is 44.2 Å². The SMILES string of the molecule is CCc1c(CN2CC(C)Oc3ccccc3S2(O)O)cccc1-c1ccc(CCC(=O)O)c(C)c1. The molecule has 0 bridgehead atoms. The van der Waals surface area contributed by atoms with E-state index in [1.54, 1.807) is 22.5 Å². The van der Waals surface area contributed by atoms with Gasteiger partial charge in [-0.2, -0.15) is 4.31 Å². The molecule has 0 aromatic heterocycles. The van der Waals surface area contributed by atoms with Crippen LogP contribution >= 0.6 is 10.8 Å². The molecule has 0 spiro atoms. The number of nitrogens with zero attached hydrogens (tertiary/aromatic N) is 1. The van der Waals surface area contributed by atoms with Gasteiger partial charge in [0.05, 0.1) is 6.54 Å². The summed E-state index contributed by atoms with van der Waals surface area (Å²) < 4.78 is 30.3. The van der Waals surface area contributed by atoms with Crippen LogP contribution in [-0.4, -0.2) is 37.1 Å². The zero-order valence-electron chi connectivity index (χ0n) is 20.4. The molecule has 35 heavy (non-hydrogen) atoms. The molecule has 0 aliphatic carbocycles. The topological polar surface area (TPSA) is 90.2 Å². The van der Waals surface area contributed by atoms with Gasteiger partial charge in [0.2, 0.25) is 0 Å². The fraction of sp³-hybridized carbons (Fsp3) is 0.321. The van der Waals surface area contributed by atoms with Crippen LogP contribution < -0.4 is 4.74 Å². The van der Waals surface area contributed by atoms with Crippen molar-refractivity contribution < 1.29 is 23.7 Å². The summed E-state index contributed by atoms with van der Waals surface area (Å²) in [7, 11) is -3.22. The average Bonchev–Trinajstić information content (AvgIpc) is 2.91. The van der Waals surface area contributed by atoms with Crippen LogP contribution in [0.1, 0.15) is 42.5 Å². The summed E-state index contributed by atoms with van der Waals surface area (Å²) in [5.41, 5.74) is 6.49. The van der Waals surface area contributed by atoms with Crippen LogP contribution in [0.4, 0.5) is 0 Å². The Morgan fingerprint density at radius 2 is 1.86 bits per heavy atom. The minimum Gasteiger partial charge on any atom is -0.487 e. The van der Waals surface area contributed by atoms with Gasteiger partial charge in [-0.1, -0.05) is 55.5 Å². The first-order chi connectivity index (χ1) is 16.7. The van der Waals surface area contributed by atoms with Gasteiger partial charge in [0.15, 0.2) is 0 Å². The zero-order valence-corrected chi connectivity index (χ0v) is 21.2. The Morgan fingerprint density at radius 1 is 1.09 bits per heavy atom. The number of carboxylic acids is 1. The number of carbonyl (C=O) groups is 1. The van der Waals surface area contributed by atoms with Crippen LogP contribution in [0.15, 0.2) is 65.6 Å². The van der Waals surface area contributed by atoms with Gasteiger partial charge in [0, 0.05) is 13.0 Å². The maximum Gasteiger partial charge on any atom is 0.303 e. The molecule has 3 aromatic carbocycles. The lowest BCUT2D eigenvalue weighted by atomic mass is 9.91. The lowest BCUT2D eigenvalue weighted by Gasteiger charge is -2.42. The van der Waals surface area contributed by atoms with Gasteiger partial charge in [0.25, 0.3) is 0 Å². The highest BCUT2D eigenvalue weighted by Gasteiger charge is 2.34. The number of aryl methyl sites for hydroxylation is 2. The quantitative estimate of drug-likeness (QED) is 0.344. The van der Waals surface area contributed by atoms with Gasteiger partial charge in [-0.3, -0.25) is 13.9 Å². The maximum absolute atomic E-state index is 11.3. The average molecular weight is 496 g/mol. The standard InChI is InChI=1S/C28H33NO5S/c1-4-24-23(18-29-17-20(3)34-26-10-5-6-11-27(26)35(29,32)33)8-7-9-25(24)22-13-12-21(19(2)16-22)14-15-28(30)31/h5-13,16,20,32-33H,4,14-15,17-18H2,1-3H3,(H,30,31). The van der Waals surface area contributed by atoms with Gasteiger partial charge in [0.1, 0.15) is 16.7 Å². The predicted molar refractivity (Wildman–Crippen MR) is 140 cm³/mol. The number of hydrogen-bond donors (Lipinski definition) is 3. The number of para-hydroxylation sites is 1. The third-order valence-corrected chi connectivity index (χ3v) is 8.45. The number of aliphatic carboxylic acids is 1. The van der Waals surface area contributed by atoms with E-state index in [0.717, 1.165) is 39.8 Å². The molecule has 0 radical (unpaired) electrons. The highest BCUT2D eigenvalue weighted by Crippen LogP contribution is 2.57. The van der Waals surface area contributed by atoms with Gasteiger partial charge >= 0.3 is 5.97 Å². The fourth-order valence-corrected chi connectivity index (χ4v) is 6.42. The van der Waals surface area contributed by atoms with Crippen molar-refractivity contribution in [2.45, 2.75) is 57.6 Å². The van der Waals surface area contributed by atoms with E-state index in [2.05, 4.69) is 19.1 Å². The lowest BCUT2D eigenvalue weighted by Crippen LogP contribution is -2.33. The van der Waals surface area contributed by atoms with Crippen molar-refractivity contribution in [3.05, 3.63) is 82.9 Å². The Balaban J connectivity index is 1.68. The minimum atomic E-state index is -3.22. The third kappa shape index (κ3) is 5.38. The van der Waals surface area contributed by atoms with E-state index in [-0.39, 0.29) is 12.5 Å². The Hall–Kier alpha value is -2.84. The van der Waals surface area contributed by atoms with Crippen LogP contribution in [0.5, 0.6) is 5.75 Å². The molecule has 7 heteroatoms. The number of ether oxygens (including phenoxy) is 1. The first-order valence-corrected chi connectivity index (χ1v) is 13.4. The lowest BCUT2D eigenvalue weighted by molar-refractivity contribution is -0.136. The van der Waals surface area contributed by atoms with Crippen LogP contribution in [0.3, 0.4) is 0 Å². The largest absolute Gasteiger partial charge is 0.487 e. The summed E-state index contributed by atoms with van der Waals surface area (Å²) in [4.78, 5) is 11.4. The Morgan fingerprint density at radius 3 is 2.57 bits per heavy atom. The molecule has 4 rings (SSSR count). The zero-order chi connectivity index (χ0) is 25.2. The van der Waals surface area contributed by atoms with Crippen LogP contribution in [0, 0.1) is 6.92 Å². The third-order valence-electron chi connectivity index (χ3n) is 6.53. The monoisotopic (exact) mass is 495 g/mol. The molecule has 186 valence electrons. The summed E-state index contributed by atoms with van der Waals surface area (Å²) in [5, 5.41) is 9.01. The van der Waals surface area contributed by atoms with Crippen LogP contribution in [0.25, 0.3) is 11.1 Å². The molecule has 3 aromatic rings. The van der Waals surface area contributed by atoms with E-state index >= 15 is 0 Å². The van der Waals surface area contributed by atoms with E-state index in [4.69, 9.17) is 9.84 Å². The highest BCUT2D eigenvalue weighted by atomic mass is 32.3. The van der Waals surface area contributed by atoms with E-state index in [1.165, 1.54) is 0 Å². The summed E-state index contributed by atoms with van der Waals surface area (Å²) >= 11 is 0. The second-order valence-electron chi connectivity index (χ2n) is 9.05. The molecule has 3 N–H and O–H groups in total. The highest BCUT2D eigenvalue weighted by molar-refractivity contribution is 8.22. The van der Waals surface area contributed by atoms with Crippen molar-refractivity contribution in [3.8, 4) is 16.9 Å². The molecule has 0 saturated carbocycles. The molecule has 6 nitrogen and oxygen atoms in total. The summed E-state index contributed by atoms with van der Waals surface area (Å²) in [6, 6.07) is 19.5. The van der Waals surface area contributed by atoms with Crippen molar-refractivity contribution in [1.82, 2.24) is 4.31 Å². The molecule has 0 saturated heterocycles. The van der Waals surface area contributed by atoms with Gasteiger partial charge in [-0.05, 0) is 72.2 Å². The first-order valence-electron chi connectivity index (χ1n) is 11.9. The molecule has 1 aliphatic rings. The molecule has 1 unspecified atom stereocenters. The smallest absolute Gasteiger partial charge is 0.303 e. The Kier molecular flexibility index (Phi) is 7.52. The van der Waals surface area contributed by atoms with Gasteiger partial charge in [-0.25, -0.2) is 0 Å². The van der Waals surface area contributed by atoms with Crippen molar-refractivity contribution in [2.24, 2.45) is 0 Å². The van der Waals surface area contributed by atoms with E-state index in [0.29, 0.717) is 30.2 Å². The minimum absolute atomic E-state index is 0.114. The second kappa shape index (κ2) is 10.4. The second-order valence-corrected chi connectivity index (χ2v) is 11.0. The molecule has 0 amide bonds. The first kappa shape index (κ1) is 25.3. The summed E-state index contributed by atoms with van der Waals surface area (Å²) in [5.74, 6) is -0.276. The Labute approximate surface area is 208 Å². The summed E-state index contributed by atoms with van der Waals surface area (Å²) in [6.45, 7) is 6.84. The predicted octanol–water partition coefficient (Wildman–Crippen LogP) is 6.55. The molecule has 1 heterocycles. The van der Waals surface area contributed by atoms with Crippen molar-refractivity contribution in [1.29, 1.82) is 0 Å². The number of carboxylic acid groups (broad SMARTS) is 1. The summed E-state index contributed by atoms with van der Waals surface area (Å²) in [6.07, 6.45) is 1.22. The van der Waals surface area contributed by atoms with Crippen LogP contribution in [0.2, 0.25) is 0 Å². The maximum atomic E-state index is 11.3. The molecule has 1 atom stereocenters. The number of rotatable bonds is 7. The number of benzene rings is 3. The number of hydrogen-bond acceptors (Lipinski definition) is 5. The molecule has 1 aliphatic heterocycles. The molecular weight excluding hydrogens is 462 g/mol. The molecular formula is C28H33NO5S. The van der Waals surface area contributed by atoms with Crippen molar-refractivity contribution in [2.75, 3.05) is 6.54 Å². The van der Waals surface area contributed by atoms with Gasteiger partial charge in [-0.15, -0.1) is 10.8 Å². The fourth-order valence-electron chi connectivity index (χ4n) is 4.76. The van der Waals surface area contributed by atoms with E-state index < -0.39 is 16.7 Å². The van der Waals surface area contributed by atoms with Gasteiger partial charge < -0.3 is 9.84 Å².